The highest BCUT2D eigenvalue weighted by molar-refractivity contribution is 6.30. The molecular formula is C26H36ClNO6. The molecule has 1 aliphatic carbocycles. The van der Waals surface area contributed by atoms with Gasteiger partial charge in [0.15, 0.2) is 11.5 Å². The van der Waals surface area contributed by atoms with Gasteiger partial charge in [0, 0.05) is 29.2 Å². The topological polar surface area (TPSA) is 105 Å². The number of carbonyl (C=O) groups excluding carboxylic acids is 1. The van der Waals surface area contributed by atoms with Crippen LogP contribution in [0.4, 0.5) is 5.69 Å². The second kappa shape index (κ2) is 17.7. The number of nitrogens with one attached hydrogen (secondary N) is 1. The molecule has 1 aliphatic rings. The summed E-state index contributed by atoms with van der Waals surface area (Å²) in [5.74, 6) is 2.24. The molecule has 8 heteroatoms. The lowest BCUT2D eigenvalue weighted by molar-refractivity contribution is -0.122. The largest absolute Gasteiger partial charge is 0.489 e. The summed E-state index contributed by atoms with van der Waals surface area (Å²) in [5.41, 5.74) is 2.19. The number of rotatable bonds is 10. The third-order valence-corrected chi connectivity index (χ3v) is 5.86. The van der Waals surface area contributed by atoms with Crippen LogP contribution in [0.15, 0.2) is 42.5 Å². The fourth-order valence-corrected chi connectivity index (χ4v) is 4.12. The van der Waals surface area contributed by atoms with Gasteiger partial charge in [0.1, 0.15) is 13.4 Å². The lowest BCUT2D eigenvalue weighted by Crippen LogP contribution is -2.25. The van der Waals surface area contributed by atoms with E-state index in [1.54, 1.807) is 0 Å². The molecule has 0 aliphatic heterocycles. The molecule has 7 nitrogen and oxygen atoms in total. The normalized spacial score (nSPS) is 16.7. The van der Waals surface area contributed by atoms with Crippen molar-refractivity contribution in [1.29, 1.82) is 0 Å². The van der Waals surface area contributed by atoms with Crippen molar-refractivity contribution >= 4 is 30.5 Å². The maximum Gasteiger partial charge on any atom is 0.290 e. The fourth-order valence-electron chi connectivity index (χ4n) is 3.91. The van der Waals surface area contributed by atoms with Gasteiger partial charge in [0.05, 0.1) is 13.2 Å². The van der Waals surface area contributed by atoms with Crippen molar-refractivity contribution in [3.8, 4) is 11.5 Å². The van der Waals surface area contributed by atoms with E-state index in [0.29, 0.717) is 24.1 Å². The van der Waals surface area contributed by atoms with Crippen LogP contribution in [0.25, 0.3) is 0 Å². The van der Waals surface area contributed by atoms with Crippen molar-refractivity contribution in [2.24, 2.45) is 5.92 Å². The van der Waals surface area contributed by atoms with E-state index in [1.807, 2.05) is 49.3 Å². The predicted octanol–water partition coefficient (Wildman–Crippen LogP) is 5.23. The minimum absolute atomic E-state index is 0.0252. The Bertz CT molecular complexity index is 827. The van der Waals surface area contributed by atoms with Crippen LogP contribution in [0.2, 0.25) is 5.02 Å². The molecule has 2 aromatic rings. The third-order valence-electron chi connectivity index (χ3n) is 5.62. The second-order valence-corrected chi connectivity index (χ2v) is 8.27. The van der Waals surface area contributed by atoms with Gasteiger partial charge in [-0.15, -0.1) is 0 Å². The Hall–Kier alpha value is -2.77. The fraction of sp³-hybridized carbons (Fsp3) is 0.462. The molecule has 0 aromatic heterocycles. The maximum atomic E-state index is 9.09. The Morgan fingerprint density at radius 1 is 1.06 bits per heavy atom. The number of carboxylic acid groups (broad SMARTS) is 1. The van der Waals surface area contributed by atoms with Gasteiger partial charge >= 0.3 is 0 Å². The smallest absolute Gasteiger partial charge is 0.290 e. The Morgan fingerprint density at radius 2 is 1.74 bits per heavy atom. The van der Waals surface area contributed by atoms with Crippen LogP contribution in [0, 0.1) is 5.92 Å². The predicted molar refractivity (Wildman–Crippen MR) is 135 cm³/mol. The number of benzene rings is 2. The quantitative estimate of drug-likeness (QED) is 0.389. The van der Waals surface area contributed by atoms with Crippen LogP contribution in [-0.2, 0) is 16.0 Å². The molecule has 0 atom stereocenters. The number of hydrogen-bond donors (Lipinski definition) is 3. The summed E-state index contributed by atoms with van der Waals surface area (Å²) in [7, 11) is 0. The molecule has 188 valence electrons. The first kappa shape index (κ1) is 29.3. The molecule has 3 N–H and O–H groups in total. The second-order valence-electron chi connectivity index (χ2n) is 7.84. The van der Waals surface area contributed by atoms with E-state index < -0.39 is 0 Å². The Balaban J connectivity index is 0.00000107. The minimum atomic E-state index is -0.250. The van der Waals surface area contributed by atoms with Gasteiger partial charge in [-0.25, -0.2) is 0 Å². The Morgan fingerprint density at radius 3 is 2.35 bits per heavy atom. The summed E-state index contributed by atoms with van der Waals surface area (Å²) in [6.45, 7) is 4.79. The number of aliphatic hydroxyl groups is 1. The van der Waals surface area contributed by atoms with E-state index in [0.717, 1.165) is 28.6 Å². The first-order chi connectivity index (χ1) is 16.6. The lowest BCUT2D eigenvalue weighted by Gasteiger charge is -2.29. The monoisotopic (exact) mass is 493 g/mol. The van der Waals surface area contributed by atoms with Crippen LogP contribution >= 0.6 is 11.6 Å². The van der Waals surface area contributed by atoms with Crippen LogP contribution in [0.1, 0.15) is 44.6 Å². The molecule has 0 spiro atoms. The van der Waals surface area contributed by atoms with Crippen LogP contribution in [0.5, 0.6) is 11.5 Å². The lowest BCUT2D eigenvalue weighted by atomic mass is 9.84. The first-order valence-electron chi connectivity index (χ1n) is 11.5. The molecule has 0 radical (unpaired) electrons. The minimum Gasteiger partial charge on any atom is -0.489 e. The zero-order valence-electron chi connectivity index (χ0n) is 19.7. The summed E-state index contributed by atoms with van der Waals surface area (Å²) < 4.78 is 11.7. The summed E-state index contributed by atoms with van der Waals surface area (Å²) in [6, 6.07) is 14.3. The van der Waals surface area contributed by atoms with Crippen molar-refractivity contribution in [3.63, 3.8) is 0 Å². The van der Waals surface area contributed by atoms with E-state index in [-0.39, 0.29) is 19.7 Å². The van der Waals surface area contributed by atoms with Gasteiger partial charge in [-0.1, -0.05) is 37.1 Å². The molecule has 0 bridgehead atoms. The maximum absolute atomic E-state index is 9.09. The van der Waals surface area contributed by atoms with Crippen molar-refractivity contribution in [2.75, 3.05) is 25.1 Å². The molecule has 34 heavy (non-hydrogen) atoms. The van der Waals surface area contributed by atoms with E-state index in [9.17, 15) is 0 Å². The van der Waals surface area contributed by atoms with Crippen LogP contribution in [-0.4, -0.2) is 49.3 Å². The number of aliphatic hydroxyl groups excluding tert-OH is 1. The summed E-state index contributed by atoms with van der Waals surface area (Å²) in [5, 5.41) is 20.4. The van der Waals surface area contributed by atoms with E-state index in [4.69, 9.17) is 40.9 Å². The Kier molecular flexibility index (Phi) is 15.2. The summed E-state index contributed by atoms with van der Waals surface area (Å²) >= 11 is 6.06. The Labute approximate surface area is 207 Å². The molecule has 0 unspecified atom stereocenters. The number of hydrogen-bond acceptors (Lipinski definition) is 6. The highest BCUT2D eigenvalue weighted by Gasteiger charge is 2.20. The molecule has 2 aromatic carbocycles. The number of anilines is 1. The molecule has 0 heterocycles. The molecule has 3 rings (SSSR count). The molecule has 1 fully saturated rings. The van der Waals surface area contributed by atoms with Crippen LogP contribution in [0.3, 0.4) is 0 Å². The van der Waals surface area contributed by atoms with Crippen molar-refractivity contribution in [1.82, 2.24) is 0 Å². The highest BCUT2D eigenvalue weighted by Crippen LogP contribution is 2.33. The summed E-state index contributed by atoms with van der Waals surface area (Å²) in [6.07, 6.45) is 7.08. The highest BCUT2D eigenvalue weighted by atomic mass is 35.5. The van der Waals surface area contributed by atoms with E-state index in [1.165, 1.54) is 32.1 Å². The molecule has 1 saturated carbocycles. The average molecular weight is 494 g/mol. The third kappa shape index (κ3) is 10.9. The van der Waals surface area contributed by atoms with Gasteiger partial charge in [-0.2, -0.15) is 0 Å². The van der Waals surface area contributed by atoms with Gasteiger partial charge in [-0.3, -0.25) is 4.79 Å². The number of ether oxygens (including phenoxy) is 2. The van der Waals surface area contributed by atoms with E-state index in [2.05, 4.69) is 12.2 Å². The van der Waals surface area contributed by atoms with Gasteiger partial charge in [0.25, 0.3) is 6.47 Å². The number of halogens is 1. The molecular weight excluding hydrogens is 458 g/mol. The average Bonchev–Trinajstić information content (AvgIpc) is 2.86. The van der Waals surface area contributed by atoms with Crippen LogP contribution < -0.4 is 14.8 Å². The van der Waals surface area contributed by atoms with Gasteiger partial charge < -0.3 is 29.8 Å². The van der Waals surface area contributed by atoms with E-state index >= 15 is 0 Å². The molecule has 0 amide bonds. The zero-order chi connectivity index (χ0) is 25.2. The van der Waals surface area contributed by atoms with Crippen molar-refractivity contribution < 1.29 is 29.3 Å². The number of carbonyl (C=O) groups is 2. The summed E-state index contributed by atoms with van der Waals surface area (Å²) in [4.78, 5) is 16.4. The van der Waals surface area contributed by atoms with Gasteiger partial charge in [0.2, 0.25) is 0 Å². The molecule has 0 saturated heterocycles. The standard InChI is InChI=1S/C24H32ClNO3.CH2O2.CH2O/c1-2-18-6-8-21(9-7-18)26-22-10-11-23(29-15-13-27)24(17-22)28-14-12-19-4-3-5-20(25)16-19;2-1-3;1-2/h3-5,10-11,16-18,21,26-27H,2,6-9,12-15H2,1H3;1H,(H,2,3);1H2. The van der Waals surface area contributed by atoms with Gasteiger partial charge in [-0.05, 0) is 61.4 Å². The SMILES string of the molecule is C=O.CCC1CCC(Nc2ccc(OCCO)c(OCCc3cccc(Cl)c3)c2)CC1.O=CO. The first-order valence-corrected chi connectivity index (χ1v) is 11.9. The van der Waals surface area contributed by atoms with Crippen molar-refractivity contribution in [3.05, 3.63) is 53.1 Å². The van der Waals surface area contributed by atoms with Crippen molar-refractivity contribution in [2.45, 2.75) is 51.5 Å². The zero-order valence-corrected chi connectivity index (χ0v) is 20.5.